The molecule has 0 heterocycles. The van der Waals surface area contributed by atoms with Gasteiger partial charge in [-0.25, -0.2) is 0 Å². The Labute approximate surface area is 136 Å². The first-order chi connectivity index (χ1) is 11.4. The molecule has 0 aliphatic rings. The molecule has 24 heavy (non-hydrogen) atoms. The van der Waals surface area contributed by atoms with E-state index in [1.54, 1.807) is 6.92 Å². The van der Waals surface area contributed by atoms with Gasteiger partial charge in [-0.2, -0.15) is 0 Å². The second-order valence-corrected chi connectivity index (χ2v) is 4.63. The number of rotatable bonds is 6. The predicted molar refractivity (Wildman–Crippen MR) is 85.3 cm³/mol. The van der Waals surface area contributed by atoms with Crippen molar-refractivity contribution in [3.05, 3.63) is 68.3 Å². The molecule has 0 unspecified atom stereocenters. The Morgan fingerprint density at radius 3 is 2.29 bits per heavy atom. The number of carbonyl (C=O) groups is 1. The number of ether oxygens (including phenoxy) is 1. The molecule has 2 aromatic rings. The topological polar surface area (TPSA) is 125 Å². The van der Waals surface area contributed by atoms with Crippen molar-refractivity contribution in [3.63, 3.8) is 0 Å². The van der Waals surface area contributed by atoms with Crippen molar-refractivity contribution in [3.8, 4) is 5.75 Å². The number of amides is 1. The van der Waals surface area contributed by atoms with Crippen LogP contribution in [-0.2, 0) is 0 Å². The zero-order chi connectivity index (χ0) is 17.7. The normalized spacial score (nSPS) is 10.0. The van der Waals surface area contributed by atoms with Gasteiger partial charge in [0.2, 0.25) is 0 Å². The average molecular weight is 331 g/mol. The van der Waals surface area contributed by atoms with Gasteiger partial charge in [0, 0.05) is 17.8 Å². The van der Waals surface area contributed by atoms with Crippen LogP contribution in [0.15, 0.2) is 42.5 Å². The molecule has 9 nitrogen and oxygen atoms in total. The van der Waals surface area contributed by atoms with Gasteiger partial charge >= 0.3 is 0 Å². The molecule has 2 aromatic carbocycles. The first kappa shape index (κ1) is 16.9. The number of benzene rings is 2. The van der Waals surface area contributed by atoms with E-state index in [4.69, 9.17) is 4.74 Å². The molecule has 0 fully saturated rings. The van der Waals surface area contributed by atoms with Crippen LogP contribution in [0.25, 0.3) is 0 Å². The lowest BCUT2D eigenvalue weighted by molar-refractivity contribution is -0.385. The maximum Gasteiger partial charge on any atom is 0.285 e. The van der Waals surface area contributed by atoms with E-state index >= 15 is 0 Å². The minimum Gasteiger partial charge on any atom is -0.494 e. The van der Waals surface area contributed by atoms with Gasteiger partial charge in [0.05, 0.1) is 22.5 Å². The largest absolute Gasteiger partial charge is 0.494 e. The minimum atomic E-state index is -0.696. The Bertz CT molecular complexity index is 788. The number of carbonyl (C=O) groups excluding carboxylic acids is 1. The summed E-state index contributed by atoms with van der Waals surface area (Å²) in [6.45, 7) is 2.08. The molecule has 0 aromatic heterocycles. The number of nitrogens with zero attached hydrogens (tertiary/aromatic N) is 2. The first-order valence-electron chi connectivity index (χ1n) is 6.89. The smallest absolute Gasteiger partial charge is 0.285 e. The Morgan fingerprint density at radius 1 is 1.08 bits per heavy atom. The van der Waals surface area contributed by atoms with E-state index in [-0.39, 0.29) is 28.4 Å². The Kier molecular flexibility index (Phi) is 5.05. The number of nitrogens with one attached hydrogen (secondary N) is 1. The molecule has 0 bridgehead atoms. The third-order valence-electron chi connectivity index (χ3n) is 3.06. The van der Waals surface area contributed by atoms with Crippen LogP contribution >= 0.6 is 0 Å². The number of non-ortho nitro benzene ring substituents is 1. The number of nitro benzene ring substituents is 2. The second kappa shape index (κ2) is 7.18. The van der Waals surface area contributed by atoms with Crippen LogP contribution < -0.4 is 10.1 Å². The second-order valence-electron chi connectivity index (χ2n) is 4.63. The van der Waals surface area contributed by atoms with Crippen molar-refractivity contribution in [2.24, 2.45) is 0 Å². The Morgan fingerprint density at radius 2 is 1.75 bits per heavy atom. The van der Waals surface area contributed by atoms with E-state index in [0.29, 0.717) is 6.61 Å². The van der Waals surface area contributed by atoms with Crippen molar-refractivity contribution in [1.29, 1.82) is 0 Å². The Hall–Kier alpha value is -3.49. The summed E-state index contributed by atoms with van der Waals surface area (Å²) in [6.07, 6.45) is 0. The third-order valence-corrected chi connectivity index (χ3v) is 3.06. The summed E-state index contributed by atoms with van der Waals surface area (Å²) < 4.78 is 5.19. The molecule has 0 aliphatic carbocycles. The molecule has 2 rings (SSSR count). The summed E-state index contributed by atoms with van der Waals surface area (Å²) >= 11 is 0. The summed E-state index contributed by atoms with van der Waals surface area (Å²) in [5.41, 5.74) is -0.365. The van der Waals surface area contributed by atoms with Crippen LogP contribution in [0.1, 0.15) is 17.3 Å². The summed E-state index contributed by atoms with van der Waals surface area (Å²) in [4.78, 5) is 32.7. The van der Waals surface area contributed by atoms with E-state index in [1.165, 1.54) is 42.5 Å². The van der Waals surface area contributed by atoms with Crippen LogP contribution in [0, 0.1) is 20.2 Å². The van der Waals surface area contributed by atoms with Gasteiger partial charge in [0.1, 0.15) is 11.3 Å². The predicted octanol–water partition coefficient (Wildman–Crippen LogP) is 3.15. The van der Waals surface area contributed by atoms with E-state index in [0.717, 1.165) is 0 Å². The molecule has 1 N–H and O–H groups in total. The van der Waals surface area contributed by atoms with Crippen LogP contribution in [0.2, 0.25) is 0 Å². The third kappa shape index (κ3) is 3.83. The molecule has 0 radical (unpaired) electrons. The van der Waals surface area contributed by atoms with E-state index in [2.05, 4.69) is 5.32 Å². The summed E-state index contributed by atoms with van der Waals surface area (Å²) in [5.74, 6) is -0.408. The van der Waals surface area contributed by atoms with Gasteiger partial charge in [-0.15, -0.1) is 0 Å². The number of nitro groups is 2. The monoisotopic (exact) mass is 331 g/mol. The van der Waals surface area contributed by atoms with E-state index in [1.807, 2.05) is 0 Å². The quantitative estimate of drug-likeness (QED) is 0.640. The molecule has 0 spiro atoms. The van der Waals surface area contributed by atoms with Crippen LogP contribution in [-0.4, -0.2) is 22.4 Å². The number of hydrogen-bond donors (Lipinski definition) is 1. The highest BCUT2D eigenvalue weighted by molar-refractivity contribution is 6.07. The van der Waals surface area contributed by atoms with Gasteiger partial charge in [-0.05, 0) is 31.2 Å². The molecule has 0 atom stereocenters. The molecule has 9 heteroatoms. The Balaban J connectivity index is 2.25. The fourth-order valence-corrected chi connectivity index (χ4v) is 1.98. The first-order valence-corrected chi connectivity index (χ1v) is 6.89. The fourth-order valence-electron chi connectivity index (χ4n) is 1.98. The van der Waals surface area contributed by atoms with Crippen molar-refractivity contribution in [2.75, 3.05) is 11.9 Å². The van der Waals surface area contributed by atoms with Crippen molar-refractivity contribution >= 4 is 23.0 Å². The average Bonchev–Trinajstić information content (AvgIpc) is 2.55. The summed E-state index contributed by atoms with van der Waals surface area (Å²) in [6, 6.07) is 9.07. The van der Waals surface area contributed by atoms with Crippen molar-refractivity contribution in [2.45, 2.75) is 6.92 Å². The highest BCUT2D eigenvalue weighted by Gasteiger charge is 2.21. The van der Waals surface area contributed by atoms with Crippen molar-refractivity contribution < 1.29 is 19.4 Å². The van der Waals surface area contributed by atoms with Gasteiger partial charge in [0.15, 0.2) is 0 Å². The lowest BCUT2D eigenvalue weighted by Gasteiger charge is -2.08. The SMILES string of the molecule is CCOc1ccc(C(=O)Nc2ccc([N+](=O)[O-])cc2)c([N+](=O)[O-])c1. The summed E-state index contributed by atoms with van der Waals surface area (Å²) in [5, 5.41) is 24.2. The highest BCUT2D eigenvalue weighted by atomic mass is 16.6. The van der Waals surface area contributed by atoms with Crippen molar-refractivity contribution in [1.82, 2.24) is 0 Å². The zero-order valence-electron chi connectivity index (χ0n) is 12.6. The lowest BCUT2D eigenvalue weighted by Crippen LogP contribution is -2.14. The lowest BCUT2D eigenvalue weighted by atomic mass is 10.1. The maximum atomic E-state index is 12.2. The molecular weight excluding hydrogens is 318 g/mol. The molecular formula is C15H13N3O6. The van der Waals surface area contributed by atoms with Gasteiger partial charge < -0.3 is 10.1 Å². The number of anilines is 1. The van der Waals surface area contributed by atoms with Gasteiger partial charge in [-0.3, -0.25) is 25.0 Å². The summed E-state index contributed by atoms with van der Waals surface area (Å²) in [7, 11) is 0. The van der Waals surface area contributed by atoms with Gasteiger partial charge in [-0.1, -0.05) is 0 Å². The van der Waals surface area contributed by atoms with Crippen LogP contribution in [0.3, 0.4) is 0 Å². The van der Waals surface area contributed by atoms with Crippen LogP contribution in [0.5, 0.6) is 5.75 Å². The van der Waals surface area contributed by atoms with Gasteiger partial charge in [0.25, 0.3) is 17.3 Å². The molecule has 1 amide bonds. The number of hydrogen-bond acceptors (Lipinski definition) is 6. The zero-order valence-corrected chi connectivity index (χ0v) is 12.6. The van der Waals surface area contributed by atoms with Crippen LogP contribution in [0.4, 0.5) is 17.1 Å². The molecule has 124 valence electrons. The van der Waals surface area contributed by atoms with E-state index in [9.17, 15) is 25.0 Å². The maximum absolute atomic E-state index is 12.2. The molecule has 0 saturated carbocycles. The van der Waals surface area contributed by atoms with E-state index < -0.39 is 15.8 Å². The standard InChI is InChI=1S/C15H13N3O6/c1-2-24-12-7-8-13(14(9-12)18(22)23)15(19)16-10-3-5-11(6-4-10)17(20)21/h3-9H,2H2,1H3,(H,16,19). The molecule has 0 saturated heterocycles. The highest BCUT2D eigenvalue weighted by Crippen LogP contribution is 2.26. The minimum absolute atomic E-state index is 0.125. The molecule has 0 aliphatic heterocycles. The fraction of sp³-hybridized carbons (Fsp3) is 0.133.